The normalized spacial score (nSPS) is 37.7. The van der Waals surface area contributed by atoms with Crippen LogP contribution in [0.4, 0.5) is 0 Å². The summed E-state index contributed by atoms with van der Waals surface area (Å²) >= 11 is 0. The van der Waals surface area contributed by atoms with Crippen molar-refractivity contribution in [3.8, 4) is 0 Å². The van der Waals surface area contributed by atoms with Crippen LogP contribution in [0.1, 0.15) is 86.0 Å². The molecule has 0 saturated heterocycles. The van der Waals surface area contributed by atoms with Gasteiger partial charge in [-0.25, -0.2) is 0 Å². The Kier molecular flexibility index (Phi) is 7.19. The first-order valence-electron chi connectivity index (χ1n) is 12.2. The maximum absolute atomic E-state index is 10.3. The summed E-state index contributed by atoms with van der Waals surface area (Å²) in [4.78, 5) is 0. The lowest BCUT2D eigenvalue weighted by molar-refractivity contribution is 0.0436. The van der Waals surface area contributed by atoms with Gasteiger partial charge in [0.15, 0.2) is 0 Å². The van der Waals surface area contributed by atoms with Crippen LogP contribution in [-0.2, 0) is 0 Å². The molecule has 2 N–H and O–H groups in total. The molecule has 3 rings (SSSR count). The first kappa shape index (κ1) is 23.5. The van der Waals surface area contributed by atoms with Gasteiger partial charge in [0.25, 0.3) is 0 Å². The molecule has 2 heteroatoms. The van der Waals surface area contributed by atoms with E-state index in [4.69, 9.17) is 0 Å². The molecule has 0 bridgehead atoms. The van der Waals surface area contributed by atoms with E-state index in [0.29, 0.717) is 23.2 Å². The molecule has 6 atom stereocenters. The van der Waals surface area contributed by atoms with Gasteiger partial charge < -0.3 is 10.2 Å². The highest BCUT2D eigenvalue weighted by atomic mass is 16.3. The summed E-state index contributed by atoms with van der Waals surface area (Å²) in [5, 5.41) is 20.3. The predicted octanol–water partition coefficient (Wildman–Crippen LogP) is 6.76. The Bertz CT molecular complexity index is 719. The average molecular weight is 413 g/mol. The Morgan fingerprint density at radius 2 is 1.83 bits per heavy atom. The maximum atomic E-state index is 10.3. The number of aliphatic hydroxyl groups is 2. The zero-order valence-electron chi connectivity index (χ0n) is 20.0. The highest BCUT2D eigenvalue weighted by molar-refractivity contribution is 5.36. The van der Waals surface area contributed by atoms with E-state index in [2.05, 4.69) is 51.7 Å². The van der Waals surface area contributed by atoms with E-state index < -0.39 is 5.60 Å². The molecule has 0 aromatic heterocycles. The molecule has 168 valence electrons. The fourth-order valence-electron chi connectivity index (χ4n) is 6.25. The lowest BCUT2D eigenvalue weighted by atomic mass is 9.61. The fourth-order valence-corrected chi connectivity index (χ4v) is 6.25. The zero-order valence-corrected chi connectivity index (χ0v) is 20.0. The third kappa shape index (κ3) is 5.02. The third-order valence-electron chi connectivity index (χ3n) is 8.68. The van der Waals surface area contributed by atoms with Gasteiger partial charge in [0.05, 0.1) is 11.7 Å². The van der Waals surface area contributed by atoms with Gasteiger partial charge in [-0.3, -0.25) is 0 Å². The molecule has 3 aliphatic carbocycles. The Morgan fingerprint density at radius 3 is 2.53 bits per heavy atom. The number of hydrogen-bond donors (Lipinski definition) is 2. The van der Waals surface area contributed by atoms with Crippen LogP contribution in [0, 0.1) is 29.1 Å². The van der Waals surface area contributed by atoms with E-state index in [1.807, 2.05) is 13.8 Å². The van der Waals surface area contributed by atoms with Crippen molar-refractivity contribution in [2.75, 3.05) is 0 Å². The standard InChI is InChI=1S/C28H44O2/c1-19-10-14-24(29)18-23(19)13-12-22-8-7-17-28(6)25(15-16-26(22)28)20(2)9-11-21(3)27(4,5)30/h9,11-13,20-21,24-26,29-30H,1,7-8,10,14-18H2,2-6H3/b11-9+,22-12+,23-13+. The van der Waals surface area contributed by atoms with Crippen LogP contribution < -0.4 is 0 Å². The summed E-state index contributed by atoms with van der Waals surface area (Å²) in [5.74, 6) is 2.08. The predicted molar refractivity (Wildman–Crippen MR) is 127 cm³/mol. The van der Waals surface area contributed by atoms with Gasteiger partial charge in [-0.05, 0) is 94.0 Å². The largest absolute Gasteiger partial charge is 0.393 e. The van der Waals surface area contributed by atoms with Crippen LogP contribution in [0.3, 0.4) is 0 Å². The minimum atomic E-state index is -0.663. The second kappa shape index (κ2) is 9.17. The molecule has 0 aromatic rings. The number of hydrogen-bond acceptors (Lipinski definition) is 2. The van der Waals surface area contributed by atoms with Crippen LogP contribution in [0.25, 0.3) is 0 Å². The van der Waals surface area contributed by atoms with Crippen LogP contribution in [-0.4, -0.2) is 21.9 Å². The van der Waals surface area contributed by atoms with Gasteiger partial charge >= 0.3 is 0 Å². The summed E-state index contributed by atoms with van der Waals surface area (Å²) in [6, 6.07) is 0. The SMILES string of the molecule is C=C1CCC(O)C/C1=C\C=C1/CCCC2(C)C1CCC2C(C)/C=C/C(C)C(C)(C)O. The van der Waals surface area contributed by atoms with Crippen molar-refractivity contribution in [3.05, 3.63) is 47.6 Å². The second-order valence-electron chi connectivity index (χ2n) is 11.2. The lowest BCUT2D eigenvalue weighted by Crippen LogP contribution is -2.35. The average Bonchev–Trinajstić information content (AvgIpc) is 3.03. The number of aliphatic hydroxyl groups excluding tert-OH is 1. The monoisotopic (exact) mass is 412 g/mol. The van der Waals surface area contributed by atoms with Crippen LogP contribution in [0.5, 0.6) is 0 Å². The minimum Gasteiger partial charge on any atom is -0.393 e. The Balaban J connectivity index is 1.75. The van der Waals surface area contributed by atoms with Crippen molar-refractivity contribution in [1.29, 1.82) is 0 Å². The molecular formula is C28H44O2. The second-order valence-corrected chi connectivity index (χ2v) is 11.2. The molecule has 0 radical (unpaired) electrons. The summed E-state index contributed by atoms with van der Waals surface area (Å²) < 4.78 is 0. The van der Waals surface area contributed by atoms with Crippen LogP contribution in [0.15, 0.2) is 47.6 Å². The molecule has 3 saturated carbocycles. The van der Waals surface area contributed by atoms with Crippen molar-refractivity contribution in [2.24, 2.45) is 29.1 Å². The molecule has 3 fully saturated rings. The Hall–Kier alpha value is -1.12. The van der Waals surface area contributed by atoms with E-state index in [-0.39, 0.29) is 12.0 Å². The minimum absolute atomic E-state index is 0.164. The van der Waals surface area contributed by atoms with Gasteiger partial charge in [-0.2, -0.15) is 0 Å². The van der Waals surface area contributed by atoms with Gasteiger partial charge in [-0.1, -0.05) is 62.8 Å². The van der Waals surface area contributed by atoms with Crippen LogP contribution >= 0.6 is 0 Å². The molecule has 0 aliphatic heterocycles. The van der Waals surface area contributed by atoms with Crippen LogP contribution in [0.2, 0.25) is 0 Å². The van der Waals surface area contributed by atoms with Gasteiger partial charge in [0.1, 0.15) is 0 Å². The summed E-state index contributed by atoms with van der Waals surface area (Å²) in [6.45, 7) is 15.0. The molecule has 30 heavy (non-hydrogen) atoms. The first-order chi connectivity index (χ1) is 14.0. The molecule has 0 spiro atoms. The number of rotatable bonds is 5. The van der Waals surface area contributed by atoms with E-state index in [1.54, 1.807) is 5.57 Å². The fraction of sp³-hybridized carbons (Fsp3) is 0.714. The summed E-state index contributed by atoms with van der Waals surface area (Å²) in [7, 11) is 0. The molecular weight excluding hydrogens is 368 g/mol. The Morgan fingerprint density at radius 1 is 1.10 bits per heavy atom. The van der Waals surface area contributed by atoms with Crippen molar-refractivity contribution in [1.82, 2.24) is 0 Å². The van der Waals surface area contributed by atoms with E-state index in [1.165, 1.54) is 43.3 Å². The van der Waals surface area contributed by atoms with Crippen molar-refractivity contribution in [3.63, 3.8) is 0 Å². The van der Waals surface area contributed by atoms with E-state index in [9.17, 15) is 10.2 Å². The number of allylic oxidation sites excluding steroid dienone is 5. The topological polar surface area (TPSA) is 40.5 Å². The van der Waals surface area contributed by atoms with E-state index >= 15 is 0 Å². The third-order valence-corrected chi connectivity index (χ3v) is 8.68. The maximum Gasteiger partial charge on any atom is 0.0651 e. The highest BCUT2D eigenvalue weighted by Crippen LogP contribution is 2.59. The van der Waals surface area contributed by atoms with Crippen molar-refractivity contribution in [2.45, 2.75) is 97.7 Å². The smallest absolute Gasteiger partial charge is 0.0651 e. The quantitative estimate of drug-likeness (QED) is 0.490. The highest BCUT2D eigenvalue weighted by Gasteiger charge is 2.50. The molecule has 0 amide bonds. The summed E-state index contributed by atoms with van der Waals surface area (Å²) in [6.07, 6.45) is 18.0. The number of fused-ring (bicyclic) bond motifs is 1. The molecule has 0 heterocycles. The molecule has 0 aromatic carbocycles. The molecule has 2 nitrogen and oxygen atoms in total. The zero-order chi connectivity index (χ0) is 22.1. The van der Waals surface area contributed by atoms with E-state index in [0.717, 1.165) is 19.3 Å². The van der Waals surface area contributed by atoms with Gasteiger partial charge in [-0.15, -0.1) is 0 Å². The lowest BCUT2D eigenvalue weighted by Gasteiger charge is -2.44. The van der Waals surface area contributed by atoms with Crippen molar-refractivity contribution >= 4 is 0 Å². The first-order valence-corrected chi connectivity index (χ1v) is 12.2. The molecule has 6 unspecified atom stereocenters. The Labute approximate surface area is 184 Å². The van der Waals surface area contributed by atoms with Crippen molar-refractivity contribution < 1.29 is 10.2 Å². The summed E-state index contributed by atoms with van der Waals surface area (Å²) in [5.41, 5.74) is 3.78. The molecule has 3 aliphatic rings. The van der Waals surface area contributed by atoms with Gasteiger partial charge in [0, 0.05) is 5.92 Å². The van der Waals surface area contributed by atoms with Gasteiger partial charge in [0.2, 0.25) is 0 Å².